The maximum absolute atomic E-state index is 2.47. The topological polar surface area (TPSA) is 9.86 Å². The van der Waals surface area contributed by atoms with Crippen LogP contribution in [0.25, 0.3) is 121 Å². The Kier molecular flexibility index (Phi) is 7.49. The Morgan fingerprint density at radius 3 is 1.28 bits per heavy atom. The molecule has 0 amide bonds. The number of rotatable bonds is 4. The summed E-state index contributed by atoms with van der Waals surface area (Å²) >= 11 is 0. The van der Waals surface area contributed by atoms with Gasteiger partial charge in [0.25, 0.3) is 0 Å². The van der Waals surface area contributed by atoms with Gasteiger partial charge in [0.1, 0.15) is 0 Å². The first-order chi connectivity index (χ1) is 32.0. The normalized spacial score (nSPS) is 13.2. The van der Waals surface area contributed by atoms with E-state index in [9.17, 15) is 0 Å². The Bertz CT molecular complexity index is 4110. The van der Waals surface area contributed by atoms with Gasteiger partial charge in [0.05, 0.1) is 22.1 Å². The summed E-state index contributed by atoms with van der Waals surface area (Å²) in [6.07, 6.45) is 0. The van der Waals surface area contributed by atoms with Crippen molar-refractivity contribution in [3.05, 3.63) is 230 Å². The standard InChI is InChI=1S/C63H42N2/c1-63(2)57-23-13-11-21-49(57)53-37-56-55-36-42(28-32-61(55)65(62(56)38-58(53)63)44-17-7-4-8-18-44)40-26-30-48-47-29-25-39(33-51(47)45-19-9-10-20-46(45)52(48)34-40)41-27-31-60-54(35-41)50-22-12-14-24-59(50)64(60)43-15-5-3-6-16-43/h3-38H,1-2H3. The van der Waals surface area contributed by atoms with Crippen molar-refractivity contribution in [3.63, 3.8) is 0 Å². The SMILES string of the molecule is CC1(C)c2ccccc2-c2cc3c4cc(-c5ccc6c7ccc(-c8ccc9c(c8)c8ccccc8n9-c8ccccc8)cc7c7ccccc7c6c5)ccc4n(-c4ccccc4)c3cc21. The van der Waals surface area contributed by atoms with Crippen molar-refractivity contribution in [2.45, 2.75) is 19.3 Å². The Balaban J connectivity index is 0.929. The predicted molar refractivity (Wildman–Crippen MR) is 276 cm³/mol. The molecular formula is C63H42N2. The van der Waals surface area contributed by atoms with Crippen molar-refractivity contribution < 1.29 is 0 Å². The minimum Gasteiger partial charge on any atom is -0.309 e. The van der Waals surface area contributed by atoms with Gasteiger partial charge in [0, 0.05) is 38.3 Å². The highest BCUT2D eigenvalue weighted by molar-refractivity contribution is 6.26. The highest BCUT2D eigenvalue weighted by atomic mass is 15.0. The molecule has 2 heterocycles. The van der Waals surface area contributed by atoms with E-state index in [2.05, 4.69) is 241 Å². The number of hydrogen-bond donors (Lipinski definition) is 0. The van der Waals surface area contributed by atoms with E-state index >= 15 is 0 Å². The summed E-state index contributed by atoms with van der Waals surface area (Å²) in [7, 11) is 0. The third kappa shape index (κ3) is 5.17. The molecule has 14 rings (SSSR count). The second kappa shape index (κ2) is 13.4. The van der Waals surface area contributed by atoms with Gasteiger partial charge in [0.2, 0.25) is 0 Å². The molecule has 2 heteroatoms. The van der Waals surface area contributed by atoms with E-state index in [1.807, 2.05) is 0 Å². The Labute approximate surface area is 376 Å². The molecule has 0 bridgehead atoms. The third-order valence-electron chi connectivity index (χ3n) is 14.7. The maximum Gasteiger partial charge on any atom is 0.0544 e. The van der Waals surface area contributed by atoms with Gasteiger partial charge in [-0.05, 0) is 156 Å². The molecule has 2 aromatic heterocycles. The van der Waals surface area contributed by atoms with Crippen LogP contribution in [0.3, 0.4) is 0 Å². The van der Waals surface area contributed by atoms with E-state index in [-0.39, 0.29) is 5.41 Å². The molecule has 304 valence electrons. The van der Waals surface area contributed by atoms with Crippen LogP contribution in [-0.2, 0) is 5.41 Å². The van der Waals surface area contributed by atoms with Crippen LogP contribution in [0.15, 0.2) is 218 Å². The molecule has 1 aliphatic rings. The highest BCUT2D eigenvalue weighted by Gasteiger charge is 2.36. The number of fused-ring (bicyclic) bond motifs is 15. The number of aromatic nitrogens is 2. The maximum atomic E-state index is 2.47. The summed E-state index contributed by atoms with van der Waals surface area (Å²) in [5.41, 5.74) is 17.5. The molecule has 11 aromatic carbocycles. The zero-order chi connectivity index (χ0) is 43.0. The number of benzene rings is 11. The van der Waals surface area contributed by atoms with Gasteiger partial charge in [-0.25, -0.2) is 0 Å². The minimum atomic E-state index is -0.0807. The molecule has 13 aromatic rings. The van der Waals surface area contributed by atoms with Crippen molar-refractivity contribution in [2.75, 3.05) is 0 Å². The molecule has 65 heavy (non-hydrogen) atoms. The van der Waals surface area contributed by atoms with Gasteiger partial charge in [-0.15, -0.1) is 0 Å². The van der Waals surface area contributed by atoms with Gasteiger partial charge in [-0.3, -0.25) is 0 Å². The average molecular weight is 827 g/mol. The lowest BCUT2D eigenvalue weighted by Crippen LogP contribution is -2.14. The molecular weight excluding hydrogens is 785 g/mol. The predicted octanol–water partition coefficient (Wildman–Crippen LogP) is 17.0. The summed E-state index contributed by atoms with van der Waals surface area (Å²) in [5, 5.41) is 12.7. The third-order valence-corrected chi connectivity index (χ3v) is 14.7. The summed E-state index contributed by atoms with van der Waals surface area (Å²) in [5.74, 6) is 0. The van der Waals surface area contributed by atoms with Gasteiger partial charge in [-0.1, -0.05) is 153 Å². The molecule has 0 aliphatic heterocycles. The van der Waals surface area contributed by atoms with Crippen molar-refractivity contribution >= 4 is 75.9 Å². The molecule has 1 aliphatic carbocycles. The monoisotopic (exact) mass is 826 g/mol. The van der Waals surface area contributed by atoms with Crippen molar-refractivity contribution in [3.8, 4) is 44.8 Å². The van der Waals surface area contributed by atoms with Crippen LogP contribution in [0.1, 0.15) is 25.0 Å². The summed E-state index contributed by atoms with van der Waals surface area (Å²) in [6, 6.07) is 81.4. The lowest BCUT2D eigenvalue weighted by atomic mass is 9.82. The zero-order valence-corrected chi connectivity index (χ0v) is 36.2. The Hall–Kier alpha value is -8.20. The smallest absolute Gasteiger partial charge is 0.0544 e. The summed E-state index contributed by atoms with van der Waals surface area (Å²) in [4.78, 5) is 0. The first-order valence-electron chi connectivity index (χ1n) is 22.8. The van der Waals surface area contributed by atoms with Gasteiger partial charge >= 0.3 is 0 Å². The van der Waals surface area contributed by atoms with Crippen LogP contribution in [0.4, 0.5) is 0 Å². The van der Waals surface area contributed by atoms with Crippen LogP contribution in [0.2, 0.25) is 0 Å². The minimum absolute atomic E-state index is 0.0807. The number of nitrogens with zero attached hydrogens (tertiary/aromatic N) is 2. The van der Waals surface area contributed by atoms with Crippen LogP contribution in [0, 0.1) is 0 Å². The lowest BCUT2D eigenvalue weighted by molar-refractivity contribution is 0.661. The number of hydrogen-bond acceptors (Lipinski definition) is 0. The molecule has 0 unspecified atom stereocenters. The fraction of sp³-hybridized carbons (Fsp3) is 0.0476. The molecule has 0 saturated heterocycles. The van der Waals surface area contributed by atoms with Gasteiger partial charge in [-0.2, -0.15) is 0 Å². The van der Waals surface area contributed by atoms with Gasteiger partial charge in [0.15, 0.2) is 0 Å². The van der Waals surface area contributed by atoms with E-state index in [1.165, 1.54) is 132 Å². The van der Waals surface area contributed by atoms with Crippen molar-refractivity contribution in [1.29, 1.82) is 0 Å². The lowest BCUT2D eigenvalue weighted by Gasteiger charge is -2.21. The van der Waals surface area contributed by atoms with Crippen molar-refractivity contribution in [1.82, 2.24) is 9.13 Å². The molecule has 0 saturated carbocycles. The van der Waals surface area contributed by atoms with Crippen LogP contribution in [0.5, 0.6) is 0 Å². The Morgan fingerprint density at radius 2 is 0.677 bits per heavy atom. The molecule has 0 atom stereocenters. The fourth-order valence-corrected chi connectivity index (χ4v) is 11.6. The fourth-order valence-electron chi connectivity index (χ4n) is 11.6. The van der Waals surface area contributed by atoms with E-state index in [1.54, 1.807) is 0 Å². The zero-order valence-electron chi connectivity index (χ0n) is 36.2. The molecule has 0 radical (unpaired) electrons. The largest absolute Gasteiger partial charge is 0.309 e. The van der Waals surface area contributed by atoms with Crippen LogP contribution < -0.4 is 0 Å². The molecule has 0 spiro atoms. The Morgan fingerprint density at radius 1 is 0.262 bits per heavy atom. The summed E-state index contributed by atoms with van der Waals surface area (Å²) < 4.78 is 4.85. The van der Waals surface area contributed by atoms with Crippen molar-refractivity contribution in [2.24, 2.45) is 0 Å². The second-order valence-corrected chi connectivity index (χ2v) is 18.5. The van der Waals surface area contributed by atoms with E-state index in [4.69, 9.17) is 0 Å². The summed E-state index contributed by atoms with van der Waals surface area (Å²) in [6.45, 7) is 4.74. The van der Waals surface area contributed by atoms with Crippen LogP contribution in [-0.4, -0.2) is 9.13 Å². The first kappa shape index (κ1) is 36.3. The van der Waals surface area contributed by atoms with Gasteiger partial charge < -0.3 is 9.13 Å². The highest BCUT2D eigenvalue weighted by Crippen LogP contribution is 2.51. The van der Waals surface area contributed by atoms with E-state index in [0.29, 0.717) is 0 Å². The second-order valence-electron chi connectivity index (χ2n) is 18.5. The average Bonchev–Trinajstić information content (AvgIpc) is 3.95. The number of para-hydroxylation sites is 3. The molecule has 0 N–H and O–H groups in total. The quantitative estimate of drug-likeness (QED) is 0.156. The first-order valence-corrected chi connectivity index (χ1v) is 22.8. The van der Waals surface area contributed by atoms with Crippen LogP contribution >= 0.6 is 0 Å². The molecule has 2 nitrogen and oxygen atoms in total. The van der Waals surface area contributed by atoms with E-state index in [0.717, 1.165) is 0 Å². The van der Waals surface area contributed by atoms with E-state index < -0.39 is 0 Å². The molecule has 0 fully saturated rings.